The van der Waals surface area contributed by atoms with Gasteiger partial charge in [-0.25, -0.2) is 9.59 Å². The van der Waals surface area contributed by atoms with Gasteiger partial charge < -0.3 is 10.2 Å². The summed E-state index contributed by atoms with van der Waals surface area (Å²) in [5.41, 5.74) is -3.68. The minimum Gasteiger partial charge on any atom is -0.478 e. The molecular weight excluding hydrogens is 1090 g/mol. The molecule has 0 bridgehead atoms. The van der Waals surface area contributed by atoms with Crippen LogP contribution in [0.25, 0.3) is 0 Å². The molecule has 4 nitrogen and oxygen atoms in total. The first kappa shape index (κ1) is 63.0. The van der Waals surface area contributed by atoms with E-state index in [0.29, 0.717) is 0 Å². The summed E-state index contributed by atoms with van der Waals surface area (Å²) in [5.74, 6) is -114. The molecule has 0 saturated heterocycles. The molecule has 0 rings (SSSR count). The third-order valence-electron chi connectivity index (χ3n) is 7.98. The number of aliphatic carboxylic acids is 2. The van der Waals surface area contributed by atoms with E-state index in [-0.39, 0.29) is 0 Å². The van der Waals surface area contributed by atoms with Crippen LogP contribution in [0.2, 0.25) is 0 Å². The summed E-state index contributed by atoms with van der Waals surface area (Å²) in [4.78, 5) is 23.0. The molecule has 0 unspecified atom stereocenters. The molecule has 2 N–H and O–H groups in total. The molecule has 392 valence electrons. The van der Waals surface area contributed by atoms with Gasteiger partial charge in [0.25, 0.3) is 0 Å². The Hall–Kier alpha value is -3.00. The van der Waals surface area contributed by atoms with Gasteiger partial charge in [-0.15, -0.1) is 0 Å². The highest BCUT2D eigenvalue weighted by molar-refractivity contribution is 8.00. The number of thioether (sulfide) groups is 2. The van der Waals surface area contributed by atoms with Crippen molar-refractivity contribution in [3.8, 4) is 0 Å². The lowest BCUT2D eigenvalue weighted by Gasteiger charge is -2.42. The van der Waals surface area contributed by atoms with Gasteiger partial charge in [0.05, 0.1) is 0 Å². The van der Waals surface area contributed by atoms with Crippen LogP contribution in [-0.4, -0.2) is 128 Å². The minimum absolute atomic E-state index is 1.73. The van der Waals surface area contributed by atoms with Crippen molar-refractivity contribution >= 4 is 35.5 Å². The lowest BCUT2D eigenvalue weighted by molar-refractivity contribution is -0.458. The van der Waals surface area contributed by atoms with Crippen LogP contribution in [-0.2, 0) is 9.59 Å². The van der Waals surface area contributed by atoms with Crippen molar-refractivity contribution in [3.05, 3.63) is 11.1 Å². The predicted molar refractivity (Wildman–Crippen MR) is 147 cm³/mol. The number of alkyl halides is 34. The van der Waals surface area contributed by atoms with Crippen LogP contribution < -0.4 is 0 Å². The number of hydrogen-bond donors (Lipinski definition) is 2. The van der Waals surface area contributed by atoms with Gasteiger partial charge in [-0.2, -0.15) is 149 Å². The van der Waals surface area contributed by atoms with Crippen LogP contribution in [0.15, 0.2) is 11.1 Å². The van der Waals surface area contributed by atoms with Gasteiger partial charge >= 0.3 is 106 Å². The Bertz CT molecular complexity index is 1650. The van der Waals surface area contributed by atoms with Gasteiger partial charge in [0.1, 0.15) is 0 Å². The van der Waals surface area contributed by atoms with Crippen molar-refractivity contribution in [1.29, 1.82) is 0 Å². The summed E-state index contributed by atoms with van der Waals surface area (Å²) < 4.78 is 456. The van der Waals surface area contributed by atoms with Crippen LogP contribution in [0.4, 0.5) is 149 Å². The van der Waals surface area contributed by atoms with E-state index in [1.807, 2.05) is 0 Å². The average Bonchev–Trinajstić information content (AvgIpc) is 3.09. The number of halogens is 34. The molecular formula is C26H14F34O4S2. The molecule has 0 aromatic heterocycles. The zero-order chi connectivity index (χ0) is 54.0. The van der Waals surface area contributed by atoms with E-state index >= 15 is 0 Å². The topological polar surface area (TPSA) is 74.6 Å². The number of carbonyl (C=O) groups is 2. The molecule has 0 heterocycles. The number of carboxylic acid groups (broad SMARTS) is 2. The second-order valence-electron chi connectivity index (χ2n) is 12.4. The monoisotopic (exact) mass is 1100 g/mol. The largest absolute Gasteiger partial charge is 0.478 e. The molecule has 0 saturated carbocycles. The van der Waals surface area contributed by atoms with Crippen molar-refractivity contribution in [2.45, 2.75) is 120 Å². The first-order valence-corrected chi connectivity index (χ1v) is 17.2. The van der Waals surface area contributed by atoms with Gasteiger partial charge in [-0.05, 0) is 37.2 Å². The van der Waals surface area contributed by atoms with Crippen molar-refractivity contribution < 1.29 is 169 Å². The van der Waals surface area contributed by atoms with E-state index in [9.17, 15) is 159 Å². The Balaban J connectivity index is 6.43. The highest BCUT2D eigenvalue weighted by atomic mass is 32.2. The summed E-state index contributed by atoms with van der Waals surface area (Å²) in [6, 6.07) is 0. The third-order valence-corrected chi connectivity index (χ3v) is 10.2. The summed E-state index contributed by atoms with van der Waals surface area (Å²) in [6.07, 6.45) is -23.1. The Morgan fingerprint density at radius 3 is 0.621 bits per heavy atom. The highest BCUT2D eigenvalue weighted by Crippen LogP contribution is 2.67. The Kier molecular flexibility index (Phi) is 17.2. The standard InChI is InChI=1S/C26H14F34O4S2/c27-11(28,15(35,36)19(43,44)23(51,52)53)13(31,32)17(39,40)21(47,48)25(57,58)65-5-1-3-7(9(61)62)8(10(63)64)4-2-6-66-26(59,60)22(49,50)18(41,42)14(33,34)12(29,30)16(37,38)20(45,46)24(54,55)56/h1-6H2,(H,61,62)(H,63,64)/b8-7+. The number of hydrogen-bond acceptors (Lipinski definition) is 4. The second kappa shape index (κ2) is 18.1. The van der Waals surface area contributed by atoms with Gasteiger partial charge in [0.2, 0.25) is 0 Å². The predicted octanol–water partition coefficient (Wildman–Crippen LogP) is 13.4. The van der Waals surface area contributed by atoms with Gasteiger partial charge in [-0.1, -0.05) is 23.5 Å². The van der Waals surface area contributed by atoms with E-state index in [1.165, 1.54) is 0 Å². The van der Waals surface area contributed by atoms with E-state index in [2.05, 4.69) is 0 Å². The maximum absolute atomic E-state index is 14.1. The quantitative estimate of drug-likeness (QED) is 0.0570. The SMILES string of the molecule is O=C(O)/C(CCCSC(F)(F)C(F)(F)C(F)(F)C(F)(F)C(F)(F)C(F)(F)C(F)(F)C(F)(F)F)=C(\CCCSC(F)(F)C(F)(F)C(F)(F)C(F)(F)C(F)(F)C(F)(F)C(F)(F)C(F)(F)F)C(=O)O. The number of carboxylic acids is 2. The molecule has 0 aromatic carbocycles. The van der Waals surface area contributed by atoms with E-state index in [0.717, 1.165) is 0 Å². The molecule has 0 aliphatic rings. The molecule has 0 aliphatic heterocycles. The normalized spacial score (nSPS) is 16.4. The Labute approximate surface area is 347 Å². The van der Waals surface area contributed by atoms with E-state index in [1.54, 1.807) is 0 Å². The first-order chi connectivity index (χ1) is 28.3. The summed E-state index contributed by atoms with van der Waals surface area (Å²) in [7, 11) is 0. The number of rotatable bonds is 24. The van der Waals surface area contributed by atoms with Crippen molar-refractivity contribution in [2.75, 3.05) is 11.5 Å². The fourth-order valence-corrected chi connectivity index (χ4v) is 5.86. The molecule has 0 amide bonds. The van der Waals surface area contributed by atoms with E-state index < -0.39 is 178 Å². The van der Waals surface area contributed by atoms with Crippen LogP contribution in [0.3, 0.4) is 0 Å². The van der Waals surface area contributed by atoms with Crippen LogP contribution in [0.1, 0.15) is 25.7 Å². The second-order valence-corrected chi connectivity index (χ2v) is 14.8. The van der Waals surface area contributed by atoms with Gasteiger partial charge in [-0.3, -0.25) is 0 Å². The van der Waals surface area contributed by atoms with Gasteiger partial charge in [0.15, 0.2) is 0 Å². The summed E-state index contributed by atoms with van der Waals surface area (Å²) in [5, 5.41) is 4.13. The molecule has 0 aliphatic carbocycles. The van der Waals surface area contributed by atoms with Crippen LogP contribution >= 0.6 is 23.5 Å². The lowest BCUT2D eigenvalue weighted by Crippen LogP contribution is -2.74. The highest BCUT2D eigenvalue weighted by Gasteiger charge is 2.97. The summed E-state index contributed by atoms with van der Waals surface area (Å²) >= 11 is -4.41. The van der Waals surface area contributed by atoms with Crippen LogP contribution in [0.5, 0.6) is 0 Å². The van der Waals surface area contributed by atoms with Crippen molar-refractivity contribution in [2.24, 2.45) is 0 Å². The molecule has 0 fully saturated rings. The van der Waals surface area contributed by atoms with Crippen LogP contribution in [0, 0.1) is 0 Å². The van der Waals surface area contributed by atoms with Gasteiger partial charge in [0, 0.05) is 11.1 Å². The molecule has 40 heteroatoms. The average molecular weight is 1100 g/mol. The fourth-order valence-electron chi connectivity index (χ4n) is 4.15. The Morgan fingerprint density at radius 1 is 0.288 bits per heavy atom. The Morgan fingerprint density at radius 2 is 0.455 bits per heavy atom. The van der Waals surface area contributed by atoms with Crippen molar-refractivity contribution in [3.63, 3.8) is 0 Å². The minimum atomic E-state index is -9.00. The lowest BCUT2D eigenvalue weighted by atomic mass is 9.91. The molecule has 0 aromatic rings. The smallest absolute Gasteiger partial charge is 0.460 e. The van der Waals surface area contributed by atoms with E-state index in [4.69, 9.17) is 10.2 Å². The molecule has 0 radical (unpaired) electrons. The third kappa shape index (κ3) is 9.63. The molecule has 0 atom stereocenters. The maximum atomic E-state index is 14.1. The van der Waals surface area contributed by atoms with Crippen molar-refractivity contribution in [1.82, 2.24) is 0 Å². The maximum Gasteiger partial charge on any atom is 0.460 e. The molecule has 66 heavy (non-hydrogen) atoms. The summed E-state index contributed by atoms with van der Waals surface area (Å²) in [6.45, 7) is 0. The zero-order valence-electron chi connectivity index (χ0n) is 29.6. The first-order valence-electron chi connectivity index (χ1n) is 15.2. The fraction of sp³-hybridized carbons (Fsp3) is 0.846. The zero-order valence-corrected chi connectivity index (χ0v) is 31.3. The molecule has 0 spiro atoms.